The molecule has 4 nitrogen and oxygen atoms in total. The van der Waals surface area contributed by atoms with E-state index in [2.05, 4.69) is 28.8 Å². The van der Waals surface area contributed by atoms with Crippen LogP contribution in [0.1, 0.15) is 12.0 Å². The number of aliphatic hydroxyl groups excluding tert-OH is 1. The highest BCUT2D eigenvalue weighted by molar-refractivity contribution is 7.99. The van der Waals surface area contributed by atoms with Crippen LogP contribution in [-0.2, 0) is 11.3 Å². The molecule has 3 rings (SSSR count). The zero-order chi connectivity index (χ0) is 16.1. The molecule has 2 unspecified atom stereocenters. The van der Waals surface area contributed by atoms with E-state index in [-0.39, 0.29) is 11.9 Å². The molecule has 1 aliphatic rings. The molecule has 0 bridgehead atoms. The molecule has 2 atom stereocenters. The minimum atomic E-state index is -0.424. The fourth-order valence-corrected chi connectivity index (χ4v) is 3.55. The summed E-state index contributed by atoms with van der Waals surface area (Å²) in [4.78, 5) is 14.5. The van der Waals surface area contributed by atoms with Gasteiger partial charge in [-0.15, -0.1) is 0 Å². The van der Waals surface area contributed by atoms with Gasteiger partial charge in [0.1, 0.15) is 0 Å². The first-order valence-corrected chi connectivity index (χ1v) is 8.54. The molecule has 2 aromatic carbocycles. The van der Waals surface area contributed by atoms with Gasteiger partial charge in [0.05, 0.1) is 12.1 Å². The third kappa shape index (κ3) is 4.34. The maximum Gasteiger partial charge on any atom is 0.237 e. The van der Waals surface area contributed by atoms with Crippen LogP contribution >= 0.6 is 11.8 Å². The van der Waals surface area contributed by atoms with E-state index < -0.39 is 6.10 Å². The summed E-state index contributed by atoms with van der Waals surface area (Å²) in [6, 6.07) is 18.0. The highest BCUT2D eigenvalue weighted by Crippen LogP contribution is 2.30. The summed E-state index contributed by atoms with van der Waals surface area (Å²) in [5, 5.41) is 15.5. The quantitative estimate of drug-likeness (QED) is 0.787. The average Bonchev–Trinajstić information content (AvgIpc) is 3.01. The van der Waals surface area contributed by atoms with Crippen molar-refractivity contribution >= 4 is 17.7 Å². The van der Waals surface area contributed by atoms with Gasteiger partial charge in [-0.25, -0.2) is 0 Å². The molecular weight excluding hydrogens is 308 g/mol. The Morgan fingerprint density at radius 3 is 2.65 bits per heavy atom. The van der Waals surface area contributed by atoms with Crippen molar-refractivity contribution in [1.82, 2.24) is 10.6 Å². The van der Waals surface area contributed by atoms with E-state index in [9.17, 15) is 9.90 Å². The van der Waals surface area contributed by atoms with Gasteiger partial charge >= 0.3 is 0 Å². The molecule has 1 saturated heterocycles. The van der Waals surface area contributed by atoms with Crippen LogP contribution in [0.15, 0.2) is 64.4 Å². The molecule has 1 fully saturated rings. The van der Waals surface area contributed by atoms with Crippen molar-refractivity contribution < 1.29 is 9.90 Å². The number of hydrogen-bond acceptors (Lipinski definition) is 4. The molecular formula is C18H20N2O2S. The summed E-state index contributed by atoms with van der Waals surface area (Å²) >= 11 is 1.69. The molecule has 3 N–H and O–H groups in total. The van der Waals surface area contributed by atoms with Crippen molar-refractivity contribution in [3.05, 3.63) is 60.2 Å². The number of rotatable bonds is 5. The molecule has 0 aromatic heterocycles. The normalized spacial score (nSPS) is 20.4. The number of carbonyl (C=O) groups is 1. The van der Waals surface area contributed by atoms with E-state index in [1.54, 1.807) is 11.8 Å². The summed E-state index contributed by atoms with van der Waals surface area (Å²) in [5.74, 6) is -0.0546. The van der Waals surface area contributed by atoms with E-state index >= 15 is 0 Å². The zero-order valence-corrected chi connectivity index (χ0v) is 13.6. The van der Waals surface area contributed by atoms with Crippen LogP contribution in [-0.4, -0.2) is 29.7 Å². The van der Waals surface area contributed by atoms with Gasteiger partial charge in [-0.05, 0) is 30.2 Å². The number of amides is 1. The van der Waals surface area contributed by atoms with Crippen LogP contribution in [0.25, 0.3) is 0 Å². The first-order valence-electron chi connectivity index (χ1n) is 7.72. The van der Waals surface area contributed by atoms with Gasteiger partial charge in [0, 0.05) is 22.9 Å². The van der Waals surface area contributed by atoms with Crippen molar-refractivity contribution in [2.75, 3.05) is 6.54 Å². The Bertz CT molecular complexity index is 663. The third-order valence-corrected chi connectivity index (χ3v) is 4.95. The second-order valence-corrected chi connectivity index (χ2v) is 6.71. The Kier molecular flexibility index (Phi) is 5.33. The second kappa shape index (κ2) is 7.64. The summed E-state index contributed by atoms with van der Waals surface area (Å²) < 4.78 is 0. The van der Waals surface area contributed by atoms with E-state index in [0.29, 0.717) is 19.5 Å². The number of hydrogen-bond donors (Lipinski definition) is 3. The minimum Gasteiger partial charge on any atom is -0.392 e. The standard InChI is InChI=1S/C18H20N2O2S/c21-14-10-16(19-12-14)18(22)20-11-13-6-4-5-9-17(13)23-15-7-2-1-3-8-15/h1-9,14,16,19,21H,10-12H2,(H,20,22). The molecule has 1 aliphatic heterocycles. The maximum atomic E-state index is 12.1. The smallest absolute Gasteiger partial charge is 0.237 e. The molecule has 0 aliphatic carbocycles. The van der Waals surface area contributed by atoms with Crippen molar-refractivity contribution in [3.8, 4) is 0 Å². The molecule has 0 saturated carbocycles. The zero-order valence-electron chi connectivity index (χ0n) is 12.7. The molecule has 23 heavy (non-hydrogen) atoms. The number of benzene rings is 2. The van der Waals surface area contributed by atoms with Gasteiger partial charge < -0.3 is 15.7 Å². The van der Waals surface area contributed by atoms with Crippen LogP contribution in [0.4, 0.5) is 0 Å². The monoisotopic (exact) mass is 328 g/mol. The second-order valence-electron chi connectivity index (χ2n) is 5.59. The third-order valence-electron chi connectivity index (χ3n) is 3.82. The highest BCUT2D eigenvalue weighted by Gasteiger charge is 2.27. The summed E-state index contributed by atoms with van der Waals surface area (Å²) in [6.45, 7) is 0.974. The van der Waals surface area contributed by atoms with E-state index in [1.807, 2.05) is 36.4 Å². The lowest BCUT2D eigenvalue weighted by Crippen LogP contribution is -2.40. The molecule has 0 radical (unpaired) electrons. The summed E-state index contributed by atoms with van der Waals surface area (Å²) in [6.07, 6.45) is 0.0540. The van der Waals surface area contributed by atoms with Crippen LogP contribution < -0.4 is 10.6 Å². The summed E-state index contributed by atoms with van der Waals surface area (Å²) in [5.41, 5.74) is 1.09. The van der Waals surface area contributed by atoms with E-state index in [1.165, 1.54) is 4.90 Å². The van der Waals surface area contributed by atoms with Gasteiger partial charge in [-0.1, -0.05) is 48.2 Å². The predicted octanol–water partition coefficient (Wildman–Crippen LogP) is 2.18. The molecule has 5 heteroatoms. The molecule has 2 aromatic rings. The lowest BCUT2D eigenvalue weighted by Gasteiger charge is -2.13. The minimum absolute atomic E-state index is 0.0546. The highest BCUT2D eigenvalue weighted by atomic mass is 32.2. The van der Waals surface area contributed by atoms with E-state index in [4.69, 9.17) is 0 Å². The Hall–Kier alpha value is -1.82. The van der Waals surface area contributed by atoms with Gasteiger partial charge in [0.15, 0.2) is 0 Å². The topological polar surface area (TPSA) is 61.4 Å². The van der Waals surface area contributed by atoms with Crippen molar-refractivity contribution in [2.45, 2.75) is 34.9 Å². The Labute approximate surface area is 140 Å². The average molecular weight is 328 g/mol. The van der Waals surface area contributed by atoms with Crippen LogP contribution in [0.5, 0.6) is 0 Å². The number of carbonyl (C=O) groups excluding carboxylic acids is 1. The predicted molar refractivity (Wildman–Crippen MR) is 91.3 cm³/mol. The van der Waals surface area contributed by atoms with Gasteiger partial charge in [0.2, 0.25) is 5.91 Å². The number of aliphatic hydroxyl groups is 1. The van der Waals surface area contributed by atoms with E-state index in [0.717, 1.165) is 10.5 Å². The maximum absolute atomic E-state index is 12.1. The van der Waals surface area contributed by atoms with Crippen molar-refractivity contribution in [1.29, 1.82) is 0 Å². The van der Waals surface area contributed by atoms with Crippen molar-refractivity contribution in [2.24, 2.45) is 0 Å². The largest absolute Gasteiger partial charge is 0.392 e. The Morgan fingerprint density at radius 2 is 1.91 bits per heavy atom. The van der Waals surface area contributed by atoms with Crippen LogP contribution in [0, 0.1) is 0 Å². The lowest BCUT2D eigenvalue weighted by atomic mass is 10.2. The van der Waals surface area contributed by atoms with Crippen LogP contribution in [0.2, 0.25) is 0 Å². The van der Waals surface area contributed by atoms with Crippen LogP contribution in [0.3, 0.4) is 0 Å². The van der Waals surface area contributed by atoms with Gasteiger partial charge in [-0.2, -0.15) is 0 Å². The molecule has 0 spiro atoms. The first-order chi connectivity index (χ1) is 11.2. The Balaban J connectivity index is 1.63. The molecule has 120 valence electrons. The number of nitrogens with one attached hydrogen (secondary N) is 2. The number of β-amino-alcohol motifs (C(OH)–C–C–N with tert-alkyl or cyclic N) is 1. The fourth-order valence-electron chi connectivity index (χ4n) is 2.59. The SMILES string of the molecule is O=C(NCc1ccccc1Sc1ccccc1)C1CC(O)CN1. The molecule has 1 amide bonds. The Morgan fingerprint density at radius 1 is 1.17 bits per heavy atom. The van der Waals surface area contributed by atoms with Gasteiger partial charge in [-0.3, -0.25) is 4.79 Å². The van der Waals surface area contributed by atoms with Gasteiger partial charge in [0.25, 0.3) is 0 Å². The summed E-state index contributed by atoms with van der Waals surface area (Å²) in [7, 11) is 0. The lowest BCUT2D eigenvalue weighted by molar-refractivity contribution is -0.123. The fraction of sp³-hybridized carbons (Fsp3) is 0.278. The first kappa shape index (κ1) is 16.1. The molecule has 1 heterocycles. The van der Waals surface area contributed by atoms with Crippen molar-refractivity contribution in [3.63, 3.8) is 0 Å².